The lowest BCUT2D eigenvalue weighted by molar-refractivity contribution is -0.122. The molecular formula is C21H23FN4O2S. The van der Waals surface area contributed by atoms with E-state index in [1.54, 1.807) is 23.9 Å². The first kappa shape index (κ1) is 19.4. The summed E-state index contributed by atoms with van der Waals surface area (Å²) in [5.41, 5.74) is 1.71. The minimum absolute atomic E-state index is 0.0668. The Morgan fingerprint density at radius 3 is 2.86 bits per heavy atom. The van der Waals surface area contributed by atoms with Crippen LogP contribution in [-0.2, 0) is 9.53 Å². The molecule has 0 aliphatic carbocycles. The van der Waals surface area contributed by atoms with E-state index in [9.17, 15) is 9.18 Å². The number of nitrogens with zero attached hydrogens (tertiary/aromatic N) is 1. The van der Waals surface area contributed by atoms with Crippen molar-refractivity contribution in [2.75, 3.05) is 30.9 Å². The first-order valence-corrected chi connectivity index (χ1v) is 10.7. The summed E-state index contributed by atoms with van der Waals surface area (Å²) in [5, 5.41) is 9.38. The molecule has 0 aromatic heterocycles. The molecule has 0 saturated carbocycles. The molecule has 3 aliphatic rings. The van der Waals surface area contributed by atoms with Gasteiger partial charge in [-0.2, -0.15) is 0 Å². The van der Waals surface area contributed by atoms with Crippen LogP contribution in [0.15, 0.2) is 71.3 Å². The Labute approximate surface area is 173 Å². The van der Waals surface area contributed by atoms with Crippen molar-refractivity contribution in [3.63, 3.8) is 0 Å². The van der Waals surface area contributed by atoms with Crippen molar-refractivity contribution in [3.8, 4) is 0 Å². The number of nitrogens with one attached hydrogen (secondary N) is 3. The molecule has 6 nitrogen and oxygen atoms in total. The standard InChI is InChI=1S/C21H23FN4O2S/c1-29-17-7-4-15(23-13-17)12-24-20(27)18-8-9-19-21(25-18)28-11-10-26(19)16-5-2-14(22)3-6-16/h2-9,13,15,18,23,25H,10-12H2,1H3,(H,24,27). The number of amides is 1. The fourth-order valence-electron chi connectivity index (χ4n) is 3.33. The number of anilines is 1. The molecule has 1 amide bonds. The summed E-state index contributed by atoms with van der Waals surface area (Å²) in [6, 6.07) is 5.90. The highest BCUT2D eigenvalue weighted by Gasteiger charge is 2.28. The summed E-state index contributed by atoms with van der Waals surface area (Å²) in [6.45, 7) is 1.62. The number of halogens is 1. The molecule has 2 unspecified atom stereocenters. The number of dihydropyridines is 2. The van der Waals surface area contributed by atoms with Gasteiger partial charge >= 0.3 is 0 Å². The zero-order chi connectivity index (χ0) is 20.2. The summed E-state index contributed by atoms with van der Waals surface area (Å²) in [7, 11) is 0. The maximum Gasteiger partial charge on any atom is 0.246 e. The Morgan fingerprint density at radius 1 is 1.31 bits per heavy atom. The van der Waals surface area contributed by atoms with E-state index >= 15 is 0 Å². The first-order valence-electron chi connectivity index (χ1n) is 9.45. The first-order chi connectivity index (χ1) is 14.1. The van der Waals surface area contributed by atoms with E-state index in [0.717, 1.165) is 16.3 Å². The molecule has 152 valence electrons. The molecule has 0 saturated heterocycles. The van der Waals surface area contributed by atoms with E-state index in [2.05, 4.69) is 16.0 Å². The maximum atomic E-state index is 13.2. The molecule has 2 atom stereocenters. The Hall–Kier alpha value is -2.87. The topological polar surface area (TPSA) is 65.6 Å². The van der Waals surface area contributed by atoms with Crippen molar-refractivity contribution in [1.29, 1.82) is 0 Å². The fraction of sp³-hybridized carbons (Fsp3) is 0.286. The Bertz CT molecular complexity index is 894. The molecule has 1 aromatic carbocycles. The number of rotatable bonds is 5. The summed E-state index contributed by atoms with van der Waals surface area (Å²) in [6.07, 6.45) is 11.8. The SMILES string of the molecule is CSC1=CNC(CNC(=O)C2C=CC3=C(N2)OCCN3c2ccc(F)cc2)C=C1. The lowest BCUT2D eigenvalue weighted by Gasteiger charge is -2.35. The van der Waals surface area contributed by atoms with Gasteiger partial charge in [-0.1, -0.05) is 12.2 Å². The summed E-state index contributed by atoms with van der Waals surface area (Å²) in [4.78, 5) is 15.8. The van der Waals surface area contributed by atoms with Gasteiger partial charge in [0.15, 0.2) is 0 Å². The van der Waals surface area contributed by atoms with Gasteiger partial charge in [0.25, 0.3) is 0 Å². The average molecular weight is 415 g/mol. The van der Waals surface area contributed by atoms with Crippen molar-refractivity contribution in [2.45, 2.75) is 12.1 Å². The largest absolute Gasteiger partial charge is 0.476 e. The van der Waals surface area contributed by atoms with Crippen LogP contribution >= 0.6 is 11.8 Å². The lowest BCUT2D eigenvalue weighted by Crippen LogP contribution is -2.49. The zero-order valence-corrected chi connectivity index (χ0v) is 16.8. The van der Waals surface area contributed by atoms with Crippen LogP contribution < -0.4 is 20.9 Å². The van der Waals surface area contributed by atoms with E-state index in [-0.39, 0.29) is 17.8 Å². The highest BCUT2D eigenvalue weighted by atomic mass is 32.2. The predicted octanol–water partition coefficient (Wildman–Crippen LogP) is 2.21. The van der Waals surface area contributed by atoms with Gasteiger partial charge in [-0.3, -0.25) is 4.79 Å². The van der Waals surface area contributed by atoms with Crippen LogP contribution in [0.2, 0.25) is 0 Å². The van der Waals surface area contributed by atoms with E-state index < -0.39 is 6.04 Å². The van der Waals surface area contributed by atoms with Crippen LogP contribution in [0.3, 0.4) is 0 Å². The van der Waals surface area contributed by atoms with Crippen molar-refractivity contribution in [3.05, 3.63) is 77.1 Å². The monoisotopic (exact) mass is 414 g/mol. The normalized spacial score (nSPS) is 22.8. The van der Waals surface area contributed by atoms with E-state index in [0.29, 0.717) is 25.6 Å². The van der Waals surface area contributed by atoms with E-state index in [1.807, 2.05) is 41.7 Å². The number of hydrogen-bond acceptors (Lipinski definition) is 6. The van der Waals surface area contributed by atoms with Crippen LogP contribution in [0, 0.1) is 5.82 Å². The maximum absolute atomic E-state index is 13.2. The highest BCUT2D eigenvalue weighted by Crippen LogP contribution is 2.27. The van der Waals surface area contributed by atoms with Crippen molar-refractivity contribution in [2.24, 2.45) is 0 Å². The van der Waals surface area contributed by atoms with Crippen LogP contribution in [0.1, 0.15) is 0 Å². The number of carbonyl (C=O) groups excluding carboxylic acids is 1. The minimum atomic E-state index is -0.508. The smallest absolute Gasteiger partial charge is 0.246 e. The zero-order valence-electron chi connectivity index (χ0n) is 16.0. The average Bonchev–Trinajstić information content (AvgIpc) is 2.77. The van der Waals surface area contributed by atoms with Crippen LogP contribution in [-0.4, -0.2) is 43.9 Å². The third kappa shape index (κ3) is 4.42. The molecule has 29 heavy (non-hydrogen) atoms. The molecule has 1 aromatic rings. The molecule has 0 bridgehead atoms. The van der Waals surface area contributed by atoms with Crippen molar-refractivity contribution in [1.82, 2.24) is 16.0 Å². The molecule has 0 spiro atoms. The quantitative estimate of drug-likeness (QED) is 0.687. The number of carbonyl (C=O) groups is 1. The Kier molecular flexibility index (Phi) is 5.80. The van der Waals surface area contributed by atoms with Gasteiger partial charge in [0.05, 0.1) is 12.6 Å². The van der Waals surface area contributed by atoms with Crippen LogP contribution in [0.25, 0.3) is 0 Å². The second-order valence-electron chi connectivity index (χ2n) is 6.80. The summed E-state index contributed by atoms with van der Waals surface area (Å²) >= 11 is 1.67. The lowest BCUT2D eigenvalue weighted by atomic mass is 10.1. The molecule has 3 N–H and O–H groups in total. The fourth-order valence-corrected chi connectivity index (χ4v) is 3.73. The molecule has 4 rings (SSSR count). The molecule has 0 fully saturated rings. The summed E-state index contributed by atoms with van der Waals surface area (Å²) < 4.78 is 19.0. The third-order valence-corrected chi connectivity index (χ3v) is 5.63. The highest BCUT2D eigenvalue weighted by molar-refractivity contribution is 8.02. The van der Waals surface area contributed by atoms with Gasteiger partial charge < -0.3 is 25.6 Å². The number of ether oxygens (including phenoxy) is 1. The van der Waals surface area contributed by atoms with Gasteiger partial charge in [-0.25, -0.2) is 4.39 Å². The second-order valence-corrected chi connectivity index (χ2v) is 7.68. The molecule has 3 aliphatic heterocycles. The van der Waals surface area contributed by atoms with E-state index in [4.69, 9.17) is 4.74 Å². The van der Waals surface area contributed by atoms with Crippen LogP contribution in [0.5, 0.6) is 0 Å². The van der Waals surface area contributed by atoms with Gasteiger partial charge in [-0.15, -0.1) is 11.8 Å². The molecular weight excluding hydrogens is 391 g/mol. The van der Waals surface area contributed by atoms with Gasteiger partial charge in [-0.05, 0) is 42.7 Å². The minimum Gasteiger partial charge on any atom is -0.476 e. The van der Waals surface area contributed by atoms with Crippen LogP contribution in [0.4, 0.5) is 10.1 Å². The number of thioether (sulfide) groups is 1. The van der Waals surface area contributed by atoms with Gasteiger partial charge in [0.2, 0.25) is 11.8 Å². The molecule has 3 heterocycles. The third-order valence-electron chi connectivity index (χ3n) is 4.90. The van der Waals surface area contributed by atoms with E-state index in [1.165, 1.54) is 12.1 Å². The van der Waals surface area contributed by atoms with Gasteiger partial charge in [0.1, 0.15) is 24.2 Å². The summed E-state index contributed by atoms with van der Waals surface area (Å²) in [5.74, 6) is 0.171. The number of allylic oxidation sites excluding steroid dienone is 2. The number of benzene rings is 1. The molecule has 8 heteroatoms. The van der Waals surface area contributed by atoms with Crippen molar-refractivity contribution >= 4 is 23.4 Å². The Morgan fingerprint density at radius 2 is 2.14 bits per heavy atom. The predicted molar refractivity (Wildman–Crippen MR) is 113 cm³/mol. The number of hydrogen-bond donors (Lipinski definition) is 3. The second kappa shape index (κ2) is 8.65. The molecule has 0 radical (unpaired) electrons. The Balaban J connectivity index is 1.36. The van der Waals surface area contributed by atoms with Crippen molar-refractivity contribution < 1.29 is 13.9 Å². The van der Waals surface area contributed by atoms with Gasteiger partial charge in [0, 0.05) is 23.3 Å².